The molecular weight excluding hydrogens is 396 g/mol. The molecule has 1 aromatic carbocycles. The molecule has 4 amide bonds. The minimum atomic E-state index is -0.282. The van der Waals surface area contributed by atoms with Gasteiger partial charge in [0.05, 0.1) is 5.02 Å². The van der Waals surface area contributed by atoms with Gasteiger partial charge in [0.1, 0.15) is 18.9 Å². The molecule has 158 valence electrons. The van der Waals surface area contributed by atoms with Gasteiger partial charge in [-0.1, -0.05) is 23.7 Å². The molecule has 0 spiro atoms. The van der Waals surface area contributed by atoms with E-state index in [9.17, 15) is 14.4 Å². The Morgan fingerprint density at radius 1 is 1.10 bits per heavy atom. The number of piperazine rings is 1. The number of urea groups is 1. The fraction of sp³-hybridized carbons (Fsp3) is 0.550. The van der Waals surface area contributed by atoms with E-state index >= 15 is 0 Å². The van der Waals surface area contributed by atoms with Crippen LogP contribution in [0.3, 0.4) is 0 Å². The molecule has 1 aromatic rings. The van der Waals surface area contributed by atoms with Crippen LogP contribution in [0.5, 0.6) is 5.75 Å². The normalized spacial score (nSPS) is 17.9. The number of amides is 4. The summed E-state index contributed by atoms with van der Waals surface area (Å²) in [6.45, 7) is 4.69. The molecule has 0 bridgehead atoms. The molecule has 0 atom stereocenters. The largest absolute Gasteiger partial charge is 0.491 e. The Balaban J connectivity index is 1.32. The number of hydrogen-bond donors (Lipinski definition) is 0. The number of rotatable bonds is 8. The maximum Gasteiger partial charge on any atom is 0.326 e. The Kier molecular flexibility index (Phi) is 7.33. The second-order valence-corrected chi connectivity index (χ2v) is 7.70. The number of para-hydroxylation sites is 1. The number of imide groups is 1. The maximum absolute atomic E-state index is 12.4. The minimum Gasteiger partial charge on any atom is -0.491 e. The van der Waals surface area contributed by atoms with Crippen molar-refractivity contribution in [2.45, 2.75) is 12.8 Å². The van der Waals surface area contributed by atoms with E-state index in [1.165, 1.54) is 9.80 Å². The van der Waals surface area contributed by atoms with Gasteiger partial charge in [-0.3, -0.25) is 19.4 Å². The van der Waals surface area contributed by atoms with Crippen LogP contribution in [0.15, 0.2) is 24.3 Å². The van der Waals surface area contributed by atoms with E-state index in [4.69, 9.17) is 16.3 Å². The summed E-state index contributed by atoms with van der Waals surface area (Å²) in [5, 5.41) is 0.604. The lowest BCUT2D eigenvalue weighted by molar-refractivity contribution is -0.133. The number of benzene rings is 1. The van der Waals surface area contributed by atoms with Crippen LogP contribution in [0.4, 0.5) is 4.79 Å². The molecule has 29 heavy (non-hydrogen) atoms. The lowest BCUT2D eigenvalue weighted by atomic mass is 10.2. The van der Waals surface area contributed by atoms with Gasteiger partial charge < -0.3 is 14.5 Å². The molecule has 9 heteroatoms. The quantitative estimate of drug-likeness (QED) is 0.594. The fourth-order valence-corrected chi connectivity index (χ4v) is 3.69. The van der Waals surface area contributed by atoms with Crippen LogP contribution in [0.1, 0.15) is 12.8 Å². The maximum atomic E-state index is 12.4. The van der Waals surface area contributed by atoms with E-state index in [1.807, 2.05) is 23.1 Å². The Bertz CT molecular complexity index is 752. The van der Waals surface area contributed by atoms with Crippen molar-refractivity contribution >= 4 is 29.4 Å². The average molecular weight is 423 g/mol. The molecule has 2 saturated heterocycles. The van der Waals surface area contributed by atoms with Crippen molar-refractivity contribution in [3.8, 4) is 5.75 Å². The fourth-order valence-electron chi connectivity index (χ4n) is 3.50. The first-order valence-electron chi connectivity index (χ1n) is 9.88. The summed E-state index contributed by atoms with van der Waals surface area (Å²) in [7, 11) is 1.60. The highest BCUT2D eigenvalue weighted by Gasteiger charge is 2.33. The highest BCUT2D eigenvalue weighted by molar-refractivity contribution is 6.32. The molecule has 0 aliphatic carbocycles. The molecule has 0 unspecified atom stereocenters. The van der Waals surface area contributed by atoms with Crippen LogP contribution in [-0.2, 0) is 9.59 Å². The third-order valence-corrected chi connectivity index (χ3v) is 5.54. The Hall–Kier alpha value is -2.32. The topological polar surface area (TPSA) is 73.4 Å². The number of ether oxygens (including phenoxy) is 1. The zero-order chi connectivity index (χ0) is 20.8. The predicted molar refractivity (Wildman–Crippen MR) is 109 cm³/mol. The summed E-state index contributed by atoms with van der Waals surface area (Å²) in [4.78, 5) is 42.7. The van der Waals surface area contributed by atoms with Crippen molar-refractivity contribution in [1.82, 2.24) is 19.6 Å². The van der Waals surface area contributed by atoms with Crippen LogP contribution >= 0.6 is 11.6 Å². The summed E-state index contributed by atoms with van der Waals surface area (Å²) in [5.74, 6) is 0.561. The summed E-state index contributed by atoms with van der Waals surface area (Å²) >= 11 is 6.08. The average Bonchev–Trinajstić information content (AvgIpc) is 2.96. The standard InChI is InChI=1S/C20H27ClN4O4/c1-22-15-19(27)25(20(22)28)8-4-7-18(26)24-11-9-23(10-12-24)13-14-29-17-6-3-2-5-16(17)21/h2-3,5-6H,4,7-15H2,1H3. The molecule has 2 heterocycles. The first kappa shape index (κ1) is 21.4. The van der Waals surface area contributed by atoms with Crippen molar-refractivity contribution < 1.29 is 19.1 Å². The zero-order valence-electron chi connectivity index (χ0n) is 16.7. The summed E-state index contributed by atoms with van der Waals surface area (Å²) in [5.41, 5.74) is 0. The van der Waals surface area contributed by atoms with Crippen molar-refractivity contribution in [2.24, 2.45) is 0 Å². The Labute approximate surface area is 175 Å². The number of nitrogens with zero attached hydrogens (tertiary/aromatic N) is 4. The summed E-state index contributed by atoms with van der Waals surface area (Å²) in [6.07, 6.45) is 0.840. The van der Waals surface area contributed by atoms with E-state index in [2.05, 4.69) is 4.90 Å². The first-order valence-corrected chi connectivity index (χ1v) is 10.3. The van der Waals surface area contributed by atoms with E-state index in [0.717, 1.165) is 19.6 Å². The molecule has 2 aliphatic heterocycles. The van der Waals surface area contributed by atoms with E-state index in [-0.39, 0.29) is 24.4 Å². The molecule has 3 rings (SSSR count). The van der Waals surface area contributed by atoms with Crippen LogP contribution in [-0.4, -0.2) is 96.9 Å². The van der Waals surface area contributed by atoms with Crippen LogP contribution in [0.25, 0.3) is 0 Å². The van der Waals surface area contributed by atoms with Crippen molar-refractivity contribution in [3.63, 3.8) is 0 Å². The van der Waals surface area contributed by atoms with E-state index in [1.54, 1.807) is 13.1 Å². The number of halogens is 1. The van der Waals surface area contributed by atoms with E-state index in [0.29, 0.717) is 49.9 Å². The molecule has 0 aromatic heterocycles. The van der Waals surface area contributed by atoms with Gasteiger partial charge in [0, 0.05) is 52.7 Å². The van der Waals surface area contributed by atoms with Gasteiger partial charge in [0.2, 0.25) is 11.8 Å². The van der Waals surface area contributed by atoms with E-state index < -0.39 is 0 Å². The predicted octanol–water partition coefficient (Wildman–Crippen LogP) is 1.54. The van der Waals surface area contributed by atoms with Crippen LogP contribution in [0, 0.1) is 0 Å². The highest BCUT2D eigenvalue weighted by atomic mass is 35.5. The molecular formula is C20H27ClN4O4. The van der Waals surface area contributed by atoms with Gasteiger partial charge >= 0.3 is 6.03 Å². The van der Waals surface area contributed by atoms with Gasteiger partial charge in [0.15, 0.2) is 0 Å². The molecule has 2 aliphatic rings. The van der Waals surface area contributed by atoms with Gasteiger partial charge in [-0.25, -0.2) is 4.79 Å². The van der Waals surface area contributed by atoms with Crippen molar-refractivity contribution in [2.75, 3.05) is 59.5 Å². The number of likely N-dealkylation sites (N-methyl/N-ethyl adjacent to an activating group) is 1. The molecule has 0 N–H and O–H groups in total. The first-order chi connectivity index (χ1) is 14.0. The number of carbonyl (C=O) groups is 3. The van der Waals surface area contributed by atoms with Crippen molar-refractivity contribution in [3.05, 3.63) is 29.3 Å². The van der Waals surface area contributed by atoms with Gasteiger partial charge in [-0.05, 0) is 18.6 Å². The molecule has 0 saturated carbocycles. The lowest BCUT2D eigenvalue weighted by Gasteiger charge is -2.34. The SMILES string of the molecule is CN1CC(=O)N(CCCC(=O)N2CCN(CCOc3ccccc3Cl)CC2)C1=O. The van der Waals surface area contributed by atoms with Crippen molar-refractivity contribution in [1.29, 1.82) is 0 Å². The third kappa shape index (κ3) is 5.61. The van der Waals surface area contributed by atoms with Gasteiger partial charge in [-0.15, -0.1) is 0 Å². The smallest absolute Gasteiger partial charge is 0.326 e. The van der Waals surface area contributed by atoms with Crippen LogP contribution in [0.2, 0.25) is 5.02 Å². The van der Waals surface area contributed by atoms with Gasteiger partial charge in [-0.2, -0.15) is 0 Å². The Morgan fingerprint density at radius 2 is 1.83 bits per heavy atom. The third-order valence-electron chi connectivity index (χ3n) is 5.23. The zero-order valence-corrected chi connectivity index (χ0v) is 17.4. The monoisotopic (exact) mass is 422 g/mol. The number of hydrogen-bond acceptors (Lipinski definition) is 5. The molecule has 2 fully saturated rings. The molecule has 0 radical (unpaired) electrons. The second-order valence-electron chi connectivity index (χ2n) is 7.29. The minimum absolute atomic E-state index is 0.0735. The summed E-state index contributed by atoms with van der Waals surface area (Å²) in [6, 6.07) is 7.12. The molecule has 8 nitrogen and oxygen atoms in total. The summed E-state index contributed by atoms with van der Waals surface area (Å²) < 4.78 is 5.72. The lowest BCUT2D eigenvalue weighted by Crippen LogP contribution is -2.49. The number of carbonyl (C=O) groups excluding carboxylic acids is 3. The second kappa shape index (κ2) is 9.93. The Morgan fingerprint density at radius 3 is 2.48 bits per heavy atom. The van der Waals surface area contributed by atoms with Gasteiger partial charge in [0.25, 0.3) is 0 Å². The highest BCUT2D eigenvalue weighted by Crippen LogP contribution is 2.23. The van der Waals surface area contributed by atoms with Crippen LogP contribution < -0.4 is 4.74 Å².